The van der Waals surface area contributed by atoms with Crippen molar-refractivity contribution in [3.05, 3.63) is 36.8 Å². The molecule has 0 spiro atoms. The van der Waals surface area contributed by atoms with Crippen LogP contribution in [0, 0.1) is 11.3 Å². The highest BCUT2D eigenvalue weighted by molar-refractivity contribution is 4.91. The van der Waals surface area contributed by atoms with Gasteiger partial charge < -0.3 is 9.47 Å². The van der Waals surface area contributed by atoms with E-state index in [0.717, 1.165) is 6.42 Å². The molecule has 0 aliphatic rings. The van der Waals surface area contributed by atoms with E-state index in [2.05, 4.69) is 32.9 Å². The first-order valence-corrected chi connectivity index (χ1v) is 6.62. The zero-order valence-corrected chi connectivity index (χ0v) is 12.5. The highest BCUT2D eigenvalue weighted by atomic mass is 16.5. The first-order valence-electron chi connectivity index (χ1n) is 6.62. The minimum Gasteiger partial charge on any atom is -0.501 e. The molecule has 0 aromatic carbocycles. The van der Waals surface area contributed by atoms with Gasteiger partial charge in [-0.25, -0.2) is 0 Å². The Morgan fingerprint density at radius 1 is 0.944 bits per heavy atom. The van der Waals surface area contributed by atoms with E-state index in [4.69, 9.17) is 9.47 Å². The van der Waals surface area contributed by atoms with Crippen LogP contribution >= 0.6 is 0 Å². The summed E-state index contributed by atoms with van der Waals surface area (Å²) >= 11 is 0. The Morgan fingerprint density at radius 3 is 1.83 bits per heavy atom. The molecule has 0 amide bonds. The van der Waals surface area contributed by atoms with Gasteiger partial charge in [0.05, 0.1) is 25.7 Å². The Balaban J connectivity index is 4.17. The van der Waals surface area contributed by atoms with Crippen LogP contribution < -0.4 is 0 Å². The van der Waals surface area contributed by atoms with E-state index >= 15 is 0 Å². The Bertz CT molecular complexity index is 253. The van der Waals surface area contributed by atoms with Crippen molar-refractivity contribution in [1.82, 2.24) is 0 Å². The van der Waals surface area contributed by atoms with Gasteiger partial charge in [0.1, 0.15) is 0 Å². The Hall–Kier alpha value is -1.18. The number of rotatable bonds is 8. The van der Waals surface area contributed by atoms with E-state index in [1.807, 2.05) is 26.0 Å². The molecular weight excluding hydrogens is 224 g/mol. The number of allylic oxidation sites excluding steroid dienone is 3. The van der Waals surface area contributed by atoms with Crippen LogP contribution in [-0.2, 0) is 9.47 Å². The van der Waals surface area contributed by atoms with Crippen LogP contribution in [-0.4, -0.2) is 13.2 Å². The van der Waals surface area contributed by atoms with Gasteiger partial charge >= 0.3 is 0 Å². The van der Waals surface area contributed by atoms with Crippen molar-refractivity contribution in [1.29, 1.82) is 0 Å². The van der Waals surface area contributed by atoms with Crippen molar-refractivity contribution in [2.24, 2.45) is 11.3 Å². The van der Waals surface area contributed by atoms with Gasteiger partial charge in [-0.15, -0.1) is 0 Å². The lowest BCUT2D eigenvalue weighted by atomic mass is 9.91. The van der Waals surface area contributed by atoms with Crippen LogP contribution in [0.15, 0.2) is 36.8 Å². The summed E-state index contributed by atoms with van der Waals surface area (Å²) in [6.45, 7) is 11.9. The highest BCUT2D eigenvalue weighted by Gasteiger charge is 2.09. The third-order valence-corrected chi connectivity index (χ3v) is 2.22. The summed E-state index contributed by atoms with van der Waals surface area (Å²) in [5.41, 5.74) is 0.329. The number of hydrogen-bond acceptors (Lipinski definition) is 2. The van der Waals surface area contributed by atoms with Gasteiger partial charge in [-0.05, 0) is 25.7 Å². The molecule has 0 N–H and O–H groups in total. The van der Waals surface area contributed by atoms with Crippen LogP contribution in [0.4, 0.5) is 0 Å². The molecule has 0 radical (unpaired) electrons. The molecule has 0 aliphatic carbocycles. The van der Waals surface area contributed by atoms with Gasteiger partial charge in [0.2, 0.25) is 0 Å². The topological polar surface area (TPSA) is 18.5 Å². The summed E-state index contributed by atoms with van der Waals surface area (Å²) in [6.07, 6.45) is 12.7. The van der Waals surface area contributed by atoms with Crippen molar-refractivity contribution < 1.29 is 9.47 Å². The molecule has 0 saturated carbocycles. The lowest BCUT2D eigenvalue weighted by Gasteiger charge is -2.16. The Morgan fingerprint density at radius 2 is 1.44 bits per heavy atom. The molecule has 0 fully saturated rings. The second kappa shape index (κ2) is 9.81. The summed E-state index contributed by atoms with van der Waals surface area (Å²) in [4.78, 5) is 0. The third kappa shape index (κ3) is 11.3. The molecule has 2 heteroatoms. The third-order valence-electron chi connectivity index (χ3n) is 2.22. The Labute approximate surface area is 112 Å². The fourth-order valence-electron chi connectivity index (χ4n) is 1.32. The van der Waals surface area contributed by atoms with Crippen LogP contribution in [0.2, 0.25) is 0 Å². The maximum Gasteiger partial charge on any atom is 0.0968 e. The fourth-order valence-corrected chi connectivity index (χ4v) is 1.32. The lowest BCUT2D eigenvalue weighted by Crippen LogP contribution is -2.11. The first kappa shape index (κ1) is 16.8. The average molecular weight is 252 g/mol. The average Bonchev–Trinajstić information content (AvgIpc) is 2.27. The van der Waals surface area contributed by atoms with Crippen molar-refractivity contribution in [2.75, 3.05) is 13.2 Å². The lowest BCUT2D eigenvalue weighted by molar-refractivity contribution is 0.146. The van der Waals surface area contributed by atoms with E-state index in [1.54, 1.807) is 12.5 Å². The van der Waals surface area contributed by atoms with E-state index in [-0.39, 0.29) is 0 Å². The van der Waals surface area contributed by atoms with Crippen molar-refractivity contribution in [3.8, 4) is 0 Å². The molecule has 0 saturated heterocycles. The van der Waals surface area contributed by atoms with Crippen LogP contribution in [0.25, 0.3) is 0 Å². The second-order valence-corrected chi connectivity index (χ2v) is 5.56. The minimum absolute atomic E-state index is 0.291. The molecule has 0 aliphatic heterocycles. The molecule has 18 heavy (non-hydrogen) atoms. The monoisotopic (exact) mass is 252 g/mol. The Kier molecular flexibility index (Phi) is 9.17. The van der Waals surface area contributed by atoms with Gasteiger partial charge in [-0.3, -0.25) is 0 Å². The van der Waals surface area contributed by atoms with E-state index in [9.17, 15) is 0 Å². The molecule has 0 heterocycles. The fraction of sp³-hybridized carbons (Fsp3) is 0.625. The van der Waals surface area contributed by atoms with Gasteiger partial charge in [-0.2, -0.15) is 0 Å². The smallest absolute Gasteiger partial charge is 0.0968 e. The molecule has 0 bridgehead atoms. The second-order valence-electron chi connectivity index (χ2n) is 5.56. The molecule has 104 valence electrons. The zero-order chi connectivity index (χ0) is 13.9. The molecular formula is C16H28O2. The van der Waals surface area contributed by atoms with Crippen LogP contribution in [0.5, 0.6) is 0 Å². The summed E-state index contributed by atoms with van der Waals surface area (Å²) < 4.78 is 10.8. The summed E-state index contributed by atoms with van der Waals surface area (Å²) in [5, 5.41) is 0. The van der Waals surface area contributed by atoms with Gasteiger partial charge in [0.15, 0.2) is 0 Å². The van der Waals surface area contributed by atoms with E-state index < -0.39 is 0 Å². The standard InChI is InChI=1S/C16H28O2/c1-6-11-17-13-15(14-18-12-7-2)9-8-10-16(3,4)5/h6-9,11-12,15H,10,13-14H2,1-5H3. The van der Waals surface area contributed by atoms with Gasteiger partial charge in [0.25, 0.3) is 0 Å². The summed E-state index contributed by atoms with van der Waals surface area (Å²) in [5.74, 6) is 0.291. The van der Waals surface area contributed by atoms with Crippen LogP contribution in [0.3, 0.4) is 0 Å². The maximum absolute atomic E-state index is 5.42. The normalized spacial score (nSPS) is 14.7. The highest BCUT2D eigenvalue weighted by Crippen LogP contribution is 2.19. The molecule has 0 unspecified atom stereocenters. The first-order chi connectivity index (χ1) is 8.49. The van der Waals surface area contributed by atoms with Gasteiger partial charge in [-0.1, -0.05) is 45.1 Å². The molecule has 0 aromatic heterocycles. The molecule has 0 aromatic rings. The summed E-state index contributed by atoms with van der Waals surface area (Å²) in [6, 6.07) is 0. The largest absolute Gasteiger partial charge is 0.501 e. The SMILES string of the molecule is CC=COCC(C=CCC(C)(C)C)COC=CC. The summed E-state index contributed by atoms with van der Waals surface area (Å²) in [7, 11) is 0. The van der Waals surface area contributed by atoms with Crippen LogP contribution in [0.1, 0.15) is 41.0 Å². The van der Waals surface area contributed by atoms with E-state index in [0.29, 0.717) is 24.5 Å². The number of ether oxygens (including phenoxy) is 2. The zero-order valence-electron chi connectivity index (χ0n) is 12.5. The quantitative estimate of drug-likeness (QED) is 0.460. The maximum atomic E-state index is 5.42. The predicted molar refractivity (Wildman–Crippen MR) is 78.2 cm³/mol. The van der Waals surface area contributed by atoms with Crippen molar-refractivity contribution in [3.63, 3.8) is 0 Å². The molecule has 0 atom stereocenters. The number of hydrogen-bond donors (Lipinski definition) is 0. The van der Waals surface area contributed by atoms with Gasteiger partial charge in [0, 0.05) is 5.92 Å². The molecule has 2 nitrogen and oxygen atoms in total. The predicted octanol–water partition coefficient (Wildman–Crippen LogP) is 4.70. The van der Waals surface area contributed by atoms with E-state index in [1.165, 1.54) is 0 Å². The minimum atomic E-state index is 0.291. The molecule has 0 rings (SSSR count). The van der Waals surface area contributed by atoms with Crippen molar-refractivity contribution in [2.45, 2.75) is 41.0 Å². The van der Waals surface area contributed by atoms with Crippen molar-refractivity contribution >= 4 is 0 Å².